The molecule has 1 fully saturated rings. The fourth-order valence-corrected chi connectivity index (χ4v) is 3.56. The lowest BCUT2D eigenvalue weighted by molar-refractivity contribution is -0.138. The lowest BCUT2D eigenvalue weighted by atomic mass is 9.93. The van der Waals surface area contributed by atoms with E-state index in [0.29, 0.717) is 11.1 Å². The largest absolute Gasteiger partial charge is 0.444 e. The molecule has 1 aromatic carbocycles. The number of rotatable bonds is 1. The van der Waals surface area contributed by atoms with Crippen LogP contribution in [0.25, 0.3) is 5.57 Å². The Morgan fingerprint density at radius 1 is 1.21 bits per heavy atom. The van der Waals surface area contributed by atoms with Crippen molar-refractivity contribution in [1.82, 2.24) is 9.80 Å². The SMILES string of the molecule is C=C(C)c1cc2c(c(C(F)(F)F)c1)C(=O)N1CCN(C(=O)OC(C)(C)C)C[C@@H]21. The number of nitrogens with zero attached hydrogens (tertiary/aromatic N) is 2. The molecule has 1 aromatic rings. The normalized spacial score (nSPS) is 19.4. The van der Waals surface area contributed by atoms with Crippen LogP contribution in [-0.2, 0) is 10.9 Å². The minimum Gasteiger partial charge on any atom is -0.444 e. The number of amides is 2. The van der Waals surface area contributed by atoms with Crippen molar-refractivity contribution in [3.05, 3.63) is 41.0 Å². The molecule has 152 valence electrons. The van der Waals surface area contributed by atoms with Crippen LogP contribution in [0.1, 0.15) is 60.8 Å². The van der Waals surface area contributed by atoms with E-state index in [-0.39, 0.29) is 30.8 Å². The van der Waals surface area contributed by atoms with Gasteiger partial charge in [-0.25, -0.2) is 4.79 Å². The monoisotopic (exact) mass is 396 g/mol. The van der Waals surface area contributed by atoms with E-state index in [4.69, 9.17) is 4.74 Å². The number of ether oxygens (including phenoxy) is 1. The van der Waals surface area contributed by atoms with Gasteiger partial charge in [0.2, 0.25) is 0 Å². The Morgan fingerprint density at radius 3 is 2.39 bits per heavy atom. The minimum atomic E-state index is -4.66. The summed E-state index contributed by atoms with van der Waals surface area (Å²) in [5.74, 6) is -0.649. The average molecular weight is 396 g/mol. The van der Waals surface area contributed by atoms with Gasteiger partial charge in [-0.05, 0) is 51.0 Å². The molecule has 0 aromatic heterocycles. The molecule has 3 rings (SSSR count). The summed E-state index contributed by atoms with van der Waals surface area (Å²) in [6, 6.07) is 1.92. The molecule has 2 aliphatic heterocycles. The number of benzene rings is 1. The highest BCUT2D eigenvalue weighted by Gasteiger charge is 2.47. The van der Waals surface area contributed by atoms with Crippen LogP contribution < -0.4 is 0 Å². The van der Waals surface area contributed by atoms with E-state index in [1.54, 1.807) is 33.8 Å². The summed E-state index contributed by atoms with van der Waals surface area (Å²) in [7, 11) is 0. The predicted molar refractivity (Wildman–Crippen MR) is 97.7 cm³/mol. The van der Waals surface area contributed by atoms with Crippen LogP contribution in [0.15, 0.2) is 18.7 Å². The zero-order valence-electron chi connectivity index (χ0n) is 16.3. The number of hydrogen-bond acceptors (Lipinski definition) is 3. The molecule has 0 unspecified atom stereocenters. The van der Waals surface area contributed by atoms with Crippen molar-refractivity contribution < 1.29 is 27.5 Å². The Kier molecular flexibility index (Phi) is 4.72. The van der Waals surface area contributed by atoms with Gasteiger partial charge in [-0.1, -0.05) is 12.2 Å². The maximum Gasteiger partial charge on any atom is 0.417 e. The third-order valence-corrected chi connectivity index (χ3v) is 4.83. The number of carbonyl (C=O) groups excluding carboxylic acids is 2. The number of alkyl halides is 3. The second-order valence-electron chi connectivity index (χ2n) is 8.21. The third kappa shape index (κ3) is 3.59. The van der Waals surface area contributed by atoms with E-state index >= 15 is 0 Å². The van der Waals surface area contributed by atoms with E-state index < -0.39 is 35.4 Å². The smallest absolute Gasteiger partial charge is 0.417 e. The summed E-state index contributed by atoms with van der Waals surface area (Å²) in [5, 5.41) is 0. The zero-order valence-corrected chi connectivity index (χ0v) is 16.3. The van der Waals surface area contributed by atoms with Crippen LogP contribution in [0.3, 0.4) is 0 Å². The molecule has 2 heterocycles. The first kappa shape index (κ1) is 20.2. The minimum absolute atomic E-state index is 0.0879. The van der Waals surface area contributed by atoms with E-state index in [1.165, 1.54) is 9.80 Å². The molecular weight excluding hydrogens is 373 g/mol. The van der Waals surface area contributed by atoms with Gasteiger partial charge < -0.3 is 14.5 Å². The van der Waals surface area contributed by atoms with Crippen LogP contribution >= 0.6 is 0 Å². The summed E-state index contributed by atoms with van der Waals surface area (Å²) < 4.78 is 46.3. The van der Waals surface area contributed by atoms with Crippen LogP contribution in [0.5, 0.6) is 0 Å². The molecule has 0 spiro atoms. The van der Waals surface area contributed by atoms with Gasteiger partial charge in [-0.3, -0.25) is 4.79 Å². The van der Waals surface area contributed by atoms with E-state index in [9.17, 15) is 22.8 Å². The molecule has 0 saturated carbocycles. The lowest BCUT2D eigenvalue weighted by Crippen LogP contribution is -2.50. The number of piperazine rings is 1. The van der Waals surface area contributed by atoms with Crippen LogP contribution in [-0.4, -0.2) is 47.0 Å². The molecule has 5 nitrogen and oxygen atoms in total. The second kappa shape index (κ2) is 6.53. The first-order valence-electron chi connectivity index (χ1n) is 8.99. The van der Waals surface area contributed by atoms with Crippen molar-refractivity contribution in [3.8, 4) is 0 Å². The Labute approximate surface area is 161 Å². The number of carbonyl (C=O) groups is 2. The first-order chi connectivity index (χ1) is 12.8. The molecule has 2 amide bonds. The third-order valence-electron chi connectivity index (χ3n) is 4.83. The average Bonchev–Trinajstić information content (AvgIpc) is 2.84. The van der Waals surface area contributed by atoms with Gasteiger partial charge in [0.25, 0.3) is 5.91 Å². The van der Waals surface area contributed by atoms with Crippen molar-refractivity contribution in [2.24, 2.45) is 0 Å². The quantitative estimate of drug-likeness (QED) is 0.703. The van der Waals surface area contributed by atoms with Gasteiger partial charge in [0.15, 0.2) is 0 Å². The fourth-order valence-electron chi connectivity index (χ4n) is 3.56. The van der Waals surface area contributed by atoms with Crippen molar-refractivity contribution in [2.75, 3.05) is 19.6 Å². The van der Waals surface area contributed by atoms with Crippen molar-refractivity contribution in [3.63, 3.8) is 0 Å². The van der Waals surface area contributed by atoms with Crippen molar-refractivity contribution >= 4 is 17.6 Å². The second-order valence-corrected chi connectivity index (χ2v) is 8.21. The highest BCUT2D eigenvalue weighted by atomic mass is 19.4. The number of fused-ring (bicyclic) bond motifs is 3. The summed E-state index contributed by atoms with van der Waals surface area (Å²) in [6.45, 7) is 11.0. The zero-order chi connectivity index (χ0) is 21.0. The predicted octanol–water partition coefficient (Wildman–Crippen LogP) is 4.49. The topological polar surface area (TPSA) is 49.9 Å². The standard InChI is InChI=1S/C20H23F3N2O3/c1-11(2)12-8-13-15-10-24(18(27)28-19(3,4)5)6-7-25(15)17(26)16(13)14(9-12)20(21,22)23/h8-9,15H,1,6-7,10H2,2-5H3/t15-/m0/s1. The molecule has 28 heavy (non-hydrogen) atoms. The molecule has 0 bridgehead atoms. The molecule has 1 saturated heterocycles. The number of hydrogen-bond donors (Lipinski definition) is 0. The van der Waals surface area contributed by atoms with Crippen LogP contribution in [0.2, 0.25) is 0 Å². The Morgan fingerprint density at radius 2 is 1.86 bits per heavy atom. The Balaban J connectivity index is 2.02. The van der Waals surface area contributed by atoms with Gasteiger partial charge in [0.05, 0.1) is 17.2 Å². The van der Waals surface area contributed by atoms with Gasteiger partial charge in [-0.2, -0.15) is 13.2 Å². The van der Waals surface area contributed by atoms with Gasteiger partial charge in [0, 0.05) is 19.6 Å². The maximum absolute atomic E-state index is 13.6. The molecule has 1 atom stereocenters. The summed E-state index contributed by atoms with van der Waals surface area (Å²) in [4.78, 5) is 28.0. The summed E-state index contributed by atoms with van der Waals surface area (Å²) >= 11 is 0. The number of allylic oxidation sites excluding steroid dienone is 1. The highest BCUT2D eigenvalue weighted by molar-refractivity contribution is 6.01. The highest BCUT2D eigenvalue weighted by Crippen LogP contribution is 2.44. The van der Waals surface area contributed by atoms with Crippen molar-refractivity contribution in [1.29, 1.82) is 0 Å². The molecule has 8 heteroatoms. The molecular formula is C20H23F3N2O3. The van der Waals surface area contributed by atoms with Gasteiger partial charge in [-0.15, -0.1) is 0 Å². The fraction of sp³-hybridized carbons (Fsp3) is 0.500. The molecule has 0 radical (unpaired) electrons. The Bertz CT molecular complexity index is 855. The maximum atomic E-state index is 13.6. The van der Waals surface area contributed by atoms with E-state index in [2.05, 4.69) is 6.58 Å². The van der Waals surface area contributed by atoms with Crippen LogP contribution in [0.4, 0.5) is 18.0 Å². The molecule has 2 aliphatic rings. The van der Waals surface area contributed by atoms with Crippen LogP contribution in [0, 0.1) is 0 Å². The van der Waals surface area contributed by atoms with Gasteiger partial charge >= 0.3 is 12.3 Å². The van der Waals surface area contributed by atoms with Crippen molar-refractivity contribution in [2.45, 2.75) is 45.5 Å². The Hall–Kier alpha value is -2.51. The lowest BCUT2D eigenvalue weighted by Gasteiger charge is -2.38. The molecule has 0 N–H and O–H groups in total. The molecule has 0 aliphatic carbocycles. The van der Waals surface area contributed by atoms with E-state index in [1.807, 2.05) is 0 Å². The summed E-state index contributed by atoms with van der Waals surface area (Å²) in [6.07, 6.45) is -5.20. The van der Waals surface area contributed by atoms with Gasteiger partial charge in [0.1, 0.15) is 5.60 Å². The van der Waals surface area contributed by atoms with E-state index in [0.717, 1.165) is 6.07 Å². The number of halogens is 3. The first-order valence-corrected chi connectivity index (χ1v) is 8.99. The summed E-state index contributed by atoms with van der Waals surface area (Å²) in [5.41, 5.74) is -0.881.